The van der Waals surface area contributed by atoms with Crippen LogP contribution in [0.15, 0.2) is 115 Å². The molecule has 20 nitrogen and oxygen atoms in total. The number of hydrogen-bond donors (Lipinski definition) is 3. The number of halogens is 2. The van der Waals surface area contributed by atoms with E-state index < -0.39 is 12.1 Å². The van der Waals surface area contributed by atoms with Gasteiger partial charge in [0.2, 0.25) is 17.7 Å². The van der Waals surface area contributed by atoms with Crippen LogP contribution in [0.25, 0.3) is 0 Å². The van der Waals surface area contributed by atoms with Crippen LogP contribution in [0, 0.1) is 5.92 Å². The lowest BCUT2D eigenvalue weighted by molar-refractivity contribution is -0.141. The third kappa shape index (κ3) is 23.2. The van der Waals surface area contributed by atoms with Gasteiger partial charge < -0.3 is 53.9 Å². The molecule has 1 aliphatic carbocycles. The molecule has 1 saturated carbocycles. The number of urea groups is 1. The van der Waals surface area contributed by atoms with Crippen LogP contribution < -0.4 is 25.4 Å². The molecule has 0 bridgehead atoms. The fourth-order valence-corrected chi connectivity index (χ4v) is 10.4. The summed E-state index contributed by atoms with van der Waals surface area (Å²) in [4.78, 5) is 65.9. The highest BCUT2D eigenvalue weighted by molar-refractivity contribution is 7.14. The Morgan fingerprint density at radius 2 is 1.51 bits per heavy atom. The number of anilines is 2. The molecule has 2 unspecified atom stereocenters. The second kappa shape index (κ2) is 35.8. The first-order chi connectivity index (χ1) is 41.7. The molecule has 464 valence electrons. The highest BCUT2D eigenvalue weighted by Gasteiger charge is 2.36. The molecule has 0 radical (unpaired) electrons. The van der Waals surface area contributed by atoms with E-state index in [1.165, 1.54) is 11.3 Å². The molecular formula is C63H83Cl2N11O9S. The number of benzene rings is 3. The highest BCUT2D eigenvalue weighted by Crippen LogP contribution is 2.36. The van der Waals surface area contributed by atoms with Crippen molar-refractivity contribution in [2.24, 2.45) is 5.92 Å². The fourth-order valence-electron chi connectivity index (χ4n) is 9.34. The standard InChI is InChI=1S/C63H83Cl2N11O9S/c1-6-10-49(7-2)46(3)66-61(79)60(50-16-23-56(64)57(65)41-50)76(43-48-11-12-48)58(77)24-15-47-13-19-54(20-14-47)84-33-9-8-26-72(4)31-35-82-38-37-81-34-25-52-44-75(71-70-52)32-36-83-39-40-85-55-21-17-51(18-22-55)67-62(80)69-63-68-53(45-86-63)42-59(78)74-29-27-73(5)28-30-74/h6-7,10,13-14,16-23,41,44-46,48,60H,1-2,8-9,11-12,15,24-40,42-43H2,3-5H3,(H,66,79)(H2,67,68,69,80)/b49-10+. The molecule has 3 aromatic carbocycles. The van der Waals surface area contributed by atoms with Crippen molar-refractivity contribution in [3.8, 4) is 11.5 Å². The third-order valence-corrected chi connectivity index (χ3v) is 16.1. The number of rotatable bonds is 38. The molecule has 2 aromatic heterocycles. The molecule has 86 heavy (non-hydrogen) atoms. The van der Waals surface area contributed by atoms with Crippen LogP contribution in [0.4, 0.5) is 15.6 Å². The number of aromatic nitrogens is 4. The Labute approximate surface area is 519 Å². The summed E-state index contributed by atoms with van der Waals surface area (Å²) in [6.45, 7) is 19.4. The van der Waals surface area contributed by atoms with Gasteiger partial charge in [-0.05, 0) is 131 Å². The first-order valence-corrected chi connectivity index (χ1v) is 31.1. The van der Waals surface area contributed by atoms with Gasteiger partial charge in [-0.25, -0.2) is 14.5 Å². The Kier molecular flexibility index (Phi) is 27.8. The first-order valence-electron chi connectivity index (χ1n) is 29.5. The van der Waals surface area contributed by atoms with E-state index in [9.17, 15) is 19.2 Å². The van der Waals surface area contributed by atoms with Crippen LogP contribution in [0.1, 0.15) is 67.6 Å². The maximum absolute atomic E-state index is 14.1. The number of nitrogens with zero attached hydrogens (tertiary/aromatic N) is 8. The third-order valence-electron chi connectivity index (χ3n) is 14.6. The number of thiazole rings is 1. The van der Waals surface area contributed by atoms with Gasteiger partial charge >= 0.3 is 6.03 Å². The fraction of sp³-hybridized carbons (Fsp3) is 0.476. The first kappa shape index (κ1) is 66.8. The number of unbranched alkanes of at least 4 members (excludes halogenated alkanes) is 1. The van der Waals surface area contributed by atoms with E-state index in [4.69, 9.17) is 46.9 Å². The molecule has 3 N–H and O–H groups in total. The molecule has 5 aromatic rings. The average Bonchev–Trinajstić information content (AvgIpc) is 3.06. The summed E-state index contributed by atoms with van der Waals surface area (Å²) in [6, 6.07) is 18.3. The maximum Gasteiger partial charge on any atom is 0.325 e. The lowest BCUT2D eigenvalue weighted by Gasteiger charge is -2.33. The molecule has 2 fully saturated rings. The Bertz CT molecular complexity index is 2970. The molecule has 5 amide bonds. The number of ether oxygens (including phenoxy) is 5. The summed E-state index contributed by atoms with van der Waals surface area (Å²) < 4.78 is 31.0. The van der Waals surface area contributed by atoms with Gasteiger partial charge in [-0.15, -0.1) is 16.4 Å². The zero-order valence-corrected chi connectivity index (χ0v) is 52.1. The van der Waals surface area contributed by atoms with E-state index in [0.717, 1.165) is 74.4 Å². The summed E-state index contributed by atoms with van der Waals surface area (Å²) in [6.07, 6.45) is 12.5. The molecule has 2 aliphatic rings. The highest BCUT2D eigenvalue weighted by atomic mass is 35.5. The second-order valence-corrected chi connectivity index (χ2v) is 23.1. The Balaban J connectivity index is 0.674. The van der Waals surface area contributed by atoms with E-state index in [1.807, 2.05) is 49.3 Å². The van der Waals surface area contributed by atoms with Crippen LogP contribution in [0.3, 0.4) is 0 Å². The van der Waals surface area contributed by atoms with Gasteiger partial charge in [-0.1, -0.05) is 78.0 Å². The van der Waals surface area contributed by atoms with E-state index >= 15 is 0 Å². The smallest absolute Gasteiger partial charge is 0.325 e. The second-order valence-electron chi connectivity index (χ2n) is 21.4. The summed E-state index contributed by atoms with van der Waals surface area (Å²) in [5, 5.41) is 20.0. The van der Waals surface area contributed by atoms with Crippen molar-refractivity contribution in [3.63, 3.8) is 0 Å². The van der Waals surface area contributed by atoms with Crippen molar-refractivity contribution in [2.45, 2.75) is 76.9 Å². The molecule has 0 spiro atoms. The number of aryl methyl sites for hydroxylation is 1. The largest absolute Gasteiger partial charge is 0.494 e. The van der Waals surface area contributed by atoms with Crippen LogP contribution >= 0.6 is 34.5 Å². The van der Waals surface area contributed by atoms with Gasteiger partial charge in [0.15, 0.2) is 5.13 Å². The predicted molar refractivity (Wildman–Crippen MR) is 337 cm³/mol. The SMILES string of the molecule is C=C/C=C(\C=C)C(C)NC(=O)C(c1ccc(Cl)c(Cl)c1)N(CC1CC1)C(=O)CCc1ccc(OCCCCN(C)CCOCCOCCc2cn(CCOCCOc3ccc(NC(=O)Nc4nc(CC(=O)N5CCN(C)CC5)cs4)cc3)nn2)cc1. The minimum atomic E-state index is -0.898. The van der Waals surface area contributed by atoms with Gasteiger partial charge in [0.1, 0.15) is 24.1 Å². The quantitative estimate of drug-likeness (QED) is 0.0249. The summed E-state index contributed by atoms with van der Waals surface area (Å²) >= 11 is 14.0. The molecule has 1 saturated heterocycles. The Morgan fingerprint density at radius 1 is 0.802 bits per heavy atom. The van der Waals surface area contributed by atoms with Crippen LogP contribution in [0.5, 0.6) is 11.5 Å². The van der Waals surface area contributed by atoms with Crippen molar-refractivity contribution < 1.29 is 42.9 Å². The van der Waals surface area contributed by atoms with Crippen molar-refractivity contribution in [1.82, 2.24) is 44.9 Å². The monoisotopic (exact) mass is 1240 g/mol. The lowest BCUT2D eigenvalue weighted by Crippen LogP contribution is -2.47. The van der Waals surface area contributed by atoms with Crippen LogP contribution in [-0.2, 0) is 54.4 Å². The van der Waals surface area contributed by atoms with Gasteiger partial charge in [0.05, 0.1) is 86.7 Å². The number of amides is 5. The number of carbonyl (C=O) groups excluding carboxylic acids is 4. The Morgan fingerprint density at radius 3 is 2.23 bits per heavy atom. The molecule has 2 atom stereocenters. The molecule has 3 heterocycles. The van der Waals surface area contributed by atoms with Gasteiger partial charge in [0.25, 0.3) is 0 Å². The van der Waals surface area contributed by atoms with Crippen molar-refractivity contribution in [1.29, 1.82) is 0 Å². The van der Waals surface area contributed by atoms with E-state index in [0.29, 0.717) is 136 Å². The summed E-state index contributed by atoms with van der Waals surface area (Å²) in [5.74, 6) is 1.38. The van der Waals surface area contributed by atoms with Crippen molar-refractivity contribution in [3.05, 3.63) is 148 Å². The van der Waals surface area contributed by atoms with Crippen LogP contribution in [-0.4, -0.2) is 182 Å². The minimum Gasteiger partial charge on any atom is -0.494 e. The molecule has 7 rings (SSSR count). The Hall–Kier alpha value is -6.69. The van der Waals surface area contributed by atoms with Gasteiger partial charge in [0, 0.05) is 69.4 Å². The zero-order chi connectivity index (χ0) is 61.0. The van der Waals surface area contributed by atoms with Crippen LogP contribution in [0.2, 0.25) is 10.0 Å². The molecular weight excluding hydrogens is 1160 g/mol. The maximum atomic E-state index is 14.1. The number of carbonyl (C=O) groups is 4. The minimum absolute atomic E-state index is 0.0452. The predicted octanol–water partition coefficient (Wildman–Crippen LogP) is 9.18. The zero-order valence-electron chi connectivity index (χ0n) is 49.8. The number of allylic oxidation sites excluding steroid dienone is 2. The summed E-state index contributed by atoms with van der Waals surface area (Å²) in [7, 11) is 4.14. The molecule has 1 aliphatic heterocycles. The van der Waals surface area contributed by atoms with Crippen molar-refractivity contribution >= 4 is 69.1 Å². The lowest BCUT2D eigenvalue weighted by atomic mass is 10.0. The summed E-state index contributed by atoms with van der Waals surface area (Å²) in [5.41, 5.74) is 4.47. The number of hydrogen-bond acceptors (Lipinski definition) is 15. The van der Waals surface area contributed by atoms with E-state index in [-0.39, 0.29) is 36.6 Å². The molecule has 23 heteroatoms. The van der Waals surface area contributed by atoms with E-state index in [2.05, 4.69) is 61.3 Å². The topological polar surface area (TPSA) is 207 Å². The van der Waals surface area contributed by atoms with Crippen molar-refractivity contribution in [2.75, 3.05) is 123 Å². The number of piperazine rings is 1. The number of nitrogens with one attached hydrogen (secondary N) is 3. The number of likely N-dealkylation sites (N-methyl/N-ethyl adjacent to an activating group) is 2. The van der Waals surface area contributed by atoms with E-state index in [1.54, 1.807) is 75.7 Å². The van der Waals surface area contributed by atoms with Gasteiger partial charge in [-0.2, -0.15) is 0 Å². The van der Waals surface area contributed by atoms with Gasteiger partial charge in [-0.3, -0.25) is 19.7 Å². The average molecular weight is 1240 g/mol. The normalized spacial score (nSPS) is 14.3.